The van der Waals surface area contributed by atoms with Crippen LogP contribution in [0.2, 0.25) is 0 Å². The third kappa shape index (κ3) is 4.04. The van der Waals surface area contributed by atoms with Crippen LogP contribution in [0.25, 0.3) is 0 Å². The summed E-state index contributed by atoms with van der Waals surface area (Å²) in [6, 6.07) is 7.41. The molecule has 1 aromatic carbocycles. The number of amides is 2. The fraction of sp³-hybridized carbons (Fsp3) is 0.421. The van der Waals surface area contributed by atoms with E-state index in [1.807, 2.05) is 35.0 Å². The van der Waals surface area contributed by atoms with Crippen LogP contribution in [0, 0.1) is 0 Å². The van der Waals surface area contributed by atoms with Gasteiger partial charge in [0.2, 0.25) is 5.91 Å². The fourth-order valence-electron chi connectivity index (χ4n) is 2.95. The second-order valence-electron chi connectivity index (χ2n) is 6.79. The van der Waals surface area contributed by atoms with Crippen molar-refractivity contribution in [3.05, 3.63) is 43.0 Å². The normalized spacial score (nSPS) is 15.3. The van der Waals surface area contributed by atoms with Crippen LogP contribution < -0.4 is 15.0 Å². The molecule has 1 N–H and O–H groups in total. The molecule has 0 radical (unpaired) electrons. The number of aromatic nitrogens is 2. The van der Waals surface area contributed by atoms with Gasteiger partial charge in [0.05, 0.1) is 12.0 Å². The van der Waals surface area contributed by atoms with E-state index >= 15 is 0 Å². The maximum absolute atomic E-state index is 12.7. The van der Waals surface area contributed by atoms with Gasteiger partial charge in [-0.2, -0.15) is 0 Å². The van der Waals surface area contributed by atoms with Gasteiger partial charge in [-0.1, -0.05) is 12.1 Å². The summed E-state index contributed by atoms with van der Waals surface area (Å²) < 4.78 is 7.75. The van der Waals surface area contributed by atoms with Crippen molar-refractivity contribution in [1.29, 1.82) is 0 Å². The largest absolute Gasteiger partial charge is 0.476 e. The van der Waals surface area contributed by atoms with Crippen LogP contribution in [0.5, 0.6) is 5.75 Å². The van der Waals surface area contributed by atoms with Crippen molar-refractivity contribution in [2.45, 2.75) is 38.8 Å². The van der Waals surface area contributed by atoms with Crippen molar-refractivity contribution in [2.24, 2.45) is 0 Å². The summed E-state index contributed by atoms with van der Waals surface area (Å²) in [7, 11) is 0. The summed E-state index contributed by atoms with van der Waals surface area (Å²) in [5, 5.41) is 2.90. The Morgan fingerprint density at radius 1 is 1.27 bits per heavy atom. The molecule has 138 valence electrons. The molecule has 0 atom stereocenters. The number of rotatable bonds is 7. The lowest BCUT2D eigenvalue weighted by atomic mass is 10.0. The standard InChI is InChI=1S/C19H24N4O3/c1-19(2)18(25)23(15-6-3-4-7-16(15)26-19)12-8-17(24)21-9-5-11-22-13-10-20-14-22/h3-4,6-7,10,13-14H,5,8-9,11-12H2,1-2H3,(H,21,24). The second-order valence-corrected chi connectivity index (χ2v) is 6.79. The number of benzene rings is 1. The van der Waals surface area contributed by atoms with E-state index in [1.54, 1.807) is 31.3 Å². The zero-order valence-electron chi connectivity index (χ0n) is 15.1. The first-order valence-corrected chi connectivity index (χ1v) is 8.80. The lowest BCUT2D eigenvalue weighted by Crippen LogP contribution is -2.53. The van der Waals surface area contributed by atoms with Crippen LogP contribution in [-0.4, -0.2) is 40.1 Å². The molecule has 0 saturated carbocycles. The first kappa shape index (κ1) is 18.0. The van der Waals surface area contributed by atoms with Gasteiger partial charge in [-0.3, -0.25) is 9.59 Å². The molecule has 0 fully saturated rings. The fourth-order valence-corrected chi connectivity index (χ4v) is 2.95. The van der Waals surface area contributed by atoms with Gasteiger partial charge in [0, 0.05) is 38.4 Å². The van der Waals surface area contributed by atoms with Gasteiger partial charge in [0.1, 0.15) is 5.75 Å². The molecule has 1 aromatic heterocycles. The average Bonchev–Trinajstić information content (AvgIpc) is 3.12. The molecular weight excluding hydrogens is 332 g/mol. The maximum atomic E-state index is 12.7. The highest BCUT2D eigenvalue weighted by Crippen LogP contribution is 2.37. The number of nitrogens with zero attached hydrogens (tertiary/aromatic N) is 3. The Labute approximate surface area is 153 Å². The van der Waals surface area contributed by atoms with Crippen LogP contribution >= 0.6 is 0 Å². The van der Waals surface area contributed by atoms with E-state index in [2.05, 4.69) is 10.3 Å². The molecule has 2 heterocycles. The SMILES string of the molecule is CC1(C)Oc2ccccc2N(CCC(=O)NCCCn2ccnc2)C1=O. The summed E-state index contributed by atoms with van der Waals surface area (Å²) in [5.41, 5.74) is -0.222. The first-order chi connectivity index (χ1) is 12.5. The summed E-state index contributed by atoms with van der Waals surface area (Å²) in [6.45, 7) is 5.22. The molecule has 0 spiro atoms. The number of hydrogen-bond donors (Lipinski definition) is 1. The molecule has 1 aliphatic rings. The van der Waals surface area contributed by atoms with Gasteiger partial charge >= 0.3 is 0 Å². The van der Waals surface area contributed by atoms with Gasteiger partial charge in [-0.15, -0.1) is 0 Å². The molecule has 26 heavy (non-hydrogen) atoms. The van der Waals surface area contributed by atoms with Crippen molar-refractivity contribution >= 4 is 17.5 Å². The first-order valence-electron chi connectivity index (χ1n) is 8.80. The van der Waals surface area contributed by atoms with E-state index in [0.717, 1.165) is 13.0 Å². The van der Waals surface area contributed by atoms with E-state index in [0.29, 0.717) is 24.5 Å². The van der Waals surface area contributed by atoms with Gasteiger partial charge in [0.15, 0.2) is 5.60 Å². The van der Waals surface area contributed by atoms with Crippen molar-refractivity contribution in [1.82, 2.24) is 14.9 Å². The molecule has 1 aliphatic heterocycles. The summed E-state index contributed by atoms with van der Waals surface area (Å²) in [4.78, 5) is 30.4. The van der Waals surface area contributed by atoms with Gasteiger partial charge in [-0.25, -0.2) is 4.98 Å². The minimum atomic E-state index is -0.935. The number of imidazole rings is 1. The van der Waals surface area contributed by atoms with E-state index < -0.39 is 5.60 Å². The summed E-state index contributed by atoms with van der Waals surface area (Å²) in [6.07, 6.45) is 6.46. The van der Waals surface area contributed by atoms with Crippen molar-refractivity contribution in [3.8, 4) is 5.75 Å². The van der Waals surface area contributed by atoms with Gasteiger partial charge < -0.3 is 19.5 Å². The maximum Gasteiger partial charge on any atom is 0.270 e. The van der Waals surface area contributed by atoms with Crippen molar-refractivity contribution in [3.63, 3.8) is 0 Å². The molecular formula is C19H24N4O3. The van der Waals surface area contributed by atoms with Crippen molar-refractivity contribution in [2.75, 3.05) is 18.0 Å². The molecule has 0 saturated heterocycles. The van der Waals surface area contributed by atoms with E-state index in [9.17, 15) is 9.59 Å². The average molecular weight is 356 g/mol. The lowest BCUT2D eigenvalue weighted by molar-refractivity contribution is -0.132. The van der Waals surface area contributed by atoms with Gasteiger partial charge in [0.25, 0.3) is 5.91 Å². The van der Waals surface area contributed by atoms with E-state index in [4.69, 9.17) is 4.74 Å². The quantitative estimate of drug-likeness (QED) is 0.770. The van der Waals surface area contributed by atoms with Crippen LogP contribution in [0.1, 0.15) is 26.7 Å². The monoisotopic (exact) mass is 356 g/mol. The number of carbonyl (C=O) groups is 2. The number of ether oxygens (including phenoxy) is 1. The molecule has 0 bridgehead atoms. The minimum absolute atomic E-state index is 0.0646. The molecule has 0 unspecified atom stereocenters. The summed E-state index contributed by atoms with van der Waals surface area (Å²) >= 11 is 0. The highest BCUT2D eigenvalue weighted by Gasteiger charge is 2.40. The highest BCUT2D eigenvalue weighted by molar-refractivity contribution is 6.02. The van der Waals surface area contributed by atoms with Crippen LogP contribution in [-0.2, 0) is 16.1 Å². The molecule has 2 aromatic rings. The zero-order valence-corrected chi connectivity index (χ0v) is 15.1. The predicted octanol–water partition coefficient (Wildman–Crippen LogP) is 1.98. The van der Waals surface area contributed by atoms with Crippen LogP contribution in [0.4, 0.5) is 5.69 Å². The third-order valence-electron chi connectivity index (χ3n) is 4.32. The molecule has 2 amide bonds. The Morgan fingerprint density at radius 3 is 2.85 bits per heavy atom. The van der Waals surface area contributed by atoms with Crippen molar-refractivity contribution < 1.29 is 14.3 Å². The van der Waals surface area contributed by atoms with E-state index in [-0.39, 0.29) is 18.2 Å². The Bertz CT molecular complexity index is 771. The Balaban J connectivity index is 1.51. The highest BCUT2D eigenvalue weighted by atomic mass is 16.5. The predicted molar refractivity (Wildman–Crippen MR) is 98.0 cm³/mol. The Morgan fingerprint density at radius 2 is 2.08 bits per heavy atom. The number of carbonyl (C=O) groups excluding carboxylic acids is 2. The minimum Gasteiger partial charge on any atom is -0.476 e. The molecule has 7 nitrogen and oxygen atoms in total. The topological polar surface area (TPSA) is 76.5 Å². The Hall–Kier alpha value is -2.83. The number of hydrogen-bond acceptors (Lipinski definition) is 4. The van der Waals surface area contributed by atoms with E-state index in [1.165, 1.54) is 0 Å². The van der Waals surface area contributed by atoms with Crippen LogP contribution in [0.15, 0.2) is 43.0 Å². The molecule has 3 rings (SSSR count). The van der Waals surface area contributed by atoms with Gasteiger partial charge in [-0.05, 0) is 32.4 Å². The Kier molecular flexibility index (Phi) is 5.25. The third-order valence-corrected chi connectivity index (χ3v) is 4.32. The molecule has 0 aliphatic carbocycles. The van der Waals surface area contributed by atoms with Crippen LogP contribution in [0.3, 0.4) is 0 Å². The second kappa shape index (κ2) is 7.59. The number of para-hydroxylation sites is 2. The lowest BCUT2D eigenvalue weighted by Gasteiger charge is -2.38. The number of fused-ring (bicyclic) bond motifs is 1. The number of nitrogens with one attached hydrogen (secondary N) is 1. The zero-order chi connectivity index (χ0) is 18.6. The number of aryl methyl sites for hydroxylation is 1. The smallest absolute Gasteiger partial charge is 0.270 e. The molecule has 7 heteroatoms. The summed E-state index contributed by atoms with van der Waals surface area (Å²) in [5.74, 6) is 0.465. The number of anilines is 1.